The van der Waals surface area contributed by atoms with Crippen molar-refractivity contribution in [2.45, 2.75) is 76.3 Å². The topological polar surface area (TPSA) is 40.6 Å². The standard InChI is InChI=1S/C28H34N2O2/c1-4-22(31)19-27(2)24-11-7-8-12-25(24)30(26(27)32)21-14-17-29(18-15-21)28(3)16-13-20-9-5-6-10-23(20)28/h5-12,21H,4,13-19H2,1-3H3/t27-,28+/m1/s1. The van der Waals surface area contributed by atoms with Gasteiger partial charge in [0, 0.05) is 43.2 Å². The Balaban J connectivity index is 1.37. The van der Waals surface area contributed by atoms with E-state index in [1.165, 1.54) is 17.5 Å². The second kappa shape index (κ2) is 7.84. The lowest BCUT2D eigenvalue weighted by molar-refractivity contribution is -0.128. The Morgan fingerprint density at radius 1 is 1.00 bits per heavy atom. The van der Waals surface area contributed by atoms with Crippen molar-refractivity contribution in [1.82, 2.24) is 4.90 Å². The van der Waals surface area contributed by atoms with Crippen molar-refractivity contribution in [2.75, 3.05) is 18.0 Å². The Morgan fingerprint density at radius 3 is 2.38 bits per heavy atom. The molecule has 0 saturated carbocycles. The average molecular weight is 431 g/mol. The summed E-state index contributed by atoms with van der Waals surface area (Å²) in [6.45, 7) is 8.22. The molecule has 5 rings (SSSR count). The lowest BCUT2D eigenvalue weighted by Crippen LogP contribution is -2.53. The Hall–Kier alpha value is -2.46. The quantitative estimate of drug-likeness (QED) is 0.671. The molecule has 2 aliphatic heterocycles. The number of rotatable bonds is 5. The zero-order valence-electron chi connectivity index (χ0n) is 19.6. The van der Waals surface area contributed by atoms with Gasteiger partial charge < -0.3 is 4.90 Å². The molecule has 168 valence electrons. The highest BCUT2D eigenvalue weighted by Gasteiger charge is 2.51. The maximum atomic E-state index is 13.8. The molecule has 0 spiro atoms. The minimum Gasteiger partial charge on any atom is -0.308 e. The minimum atomic E-state index is -0.739. The van der Waals surface area contributed by atoms with E-state index < -0.39 is 5.41 Å². The van der Waals surface area contributed by atoms with Gasteiger partial charge in [-0.3, -0.25) is 14.5 Å². The maximum absolute atomic E-state index is 13.8. The number of Topliss-reactive ketones (excluding diaryl/α,β-unsaturated/α-hetero) is 1. The van der Waals surface area contributed by atoms with Gasteiger partial charge in [-0.15, -0.1) is 0 Å². The third kappa shape index (κ3) is 3.14. The van der Waals surface area contributed by atoms with E-state index in [4.69, 9.17) is 0 Å². The molecule has 0 unspecified atom stereocenters. The molecular formula is C28H34N2O2. The molecule has 2 aromatic carbocycles. The lowest BCUT2D eigenvalue weighted by Gasteiger charge is -2.45. The van der Waals surface area contributed by atoms with Crippen LogP contribution < -0.4 is 4.90 Å². The molecule has 3 aliphatic rings. The highest BCUT2D eigenvalue weighted by molar-refractivity contribution is 6.10. The van der Waals surface area contributed by atoms with Crippen molar-refractivity contribution < 1.29 is 9.59 Å². The molecule has 2 atom stereocenters. The number of nitrogens with zero attached hydrogens (tertiary/aromatic N) is 2. The Kier molecular flexibility index (Phi) is 5.24. The Labute approximate surface area is 191 Å². The normalized spacial score (nSPS) is 28.1. The van der Waals surface area contributed by atoms with Gasteiger partial charge in [-0.2, -0.15) is 0 Å². The van der Waals surface area contributed by atoms with Crippen LogP contribution in [0.25, 0.3) is 0 Å². The zero-order chi connectivity index (χ0) is 22.5. The van der Waals surface area contributed by atoms with Crippen LogP contribution in [-0.4, -0.2) is 35.7 Å². The number of hydrogen-bond donors (Lipinski definition) is 0. The molecule has 32 heavy (non-hydrogen) atoms. The summed E-state index contributed by atoms with van der Waals surface area (Å²) in [5, 5.41) is 0. The van der Waals surface area contributed by atoms with Gasteiger partial charge in [0.15, 0.2) is 0 Å². The second-order valence-electron chi connectivity index (χ2n) is 10.2. The summed E-state index contributed by atoms with van der Waals surface area (Å²) in [6.07, 6.45) is 5.02. The van der Waals surface area contributed by atoms with Gasteiger partial charge in [0.2, 0.25) is 5.91 Å². The highest BCUT2D eigenvalue weighted by Crippen LogP contribution is 2.47. The first-order valence-electron chi connectivity index (χ1n) is 12.2. The molecule has 1 amide bonds. The fourth-order valence-electron chi connectivity index (χ4n) is 6.42. The van der Waals surface area contributed by atoms with E-state index in [1.807, 2.05) is 36.9 Å². The summed E-state index contributed by atoms with van der Waals surface area (Å²) in [4.78, 5) is 30.8. The number of para-hydroxylation sites is 1. The van der Waals surface area contributed by atoms with Crippen molar-refractivity contribution in [3.8, 4) is 0 Å². The number of benzene rings is 2. The number of aryl methyl sites for hydroxylation is 1. The van der Waals surface area contributed by atoms with Gasteiger partial charge in [-0.05, 0) is 62.3 Å². The summed E-state index contributed by atoms with van der Waals surface area (Å²) in [5.41, 5.74) is 4.35. The van der Waals surface area contributed by atoms with Gasteiger partial charge in [-0.25, -0.2) is 0 Å². The first-order chi connectivity index (χ1) is 15.4. The Morgan fingerprint density at radius 2 is 1.66 bits per heavy atom. The molecule has 4 heteroatoms. The monoisotopic (exact) mass is 430 g/mol. The SMILES string of the molecule is CCC(=O)C[C@@]1(C)C(=O)N(C2CCN([C@@]3(C)CCc4ccccc43)CC2)c2ccccc21. The van der Waals surface area contributed by atoms with Crippen LogP contribution in [0.15, 0.2) is 48.5 Å². The number of hydrogen-bond acceptors (Lipinski definition) is 3. The van der Waals surface area contributed by atoms with Gasteiger partial charge in [-0.1, -0.05) is 49.4 Å². The van der Waals surface area contributed by atoms with Gasteiger partial charge in [0.1, 0.15) is 5.78 Å². The molecule has 1 aliphatic carbocycles. The van der Waals surface area contributed by atoms with E-state index in [2.05, 4.69) is 42.2 Å². The molecule has 2 heterocycles. The van der Waals surface area contributed by atoms with Crippen molar-refractivity contribution in [3.05, 3.63) is 65.2 Å². The van der Waals surface area contributed by atoms with Crippen molar-refractivity contribution >= 4 is 17.4 Å². The van der Waals surface area contributed by atoms with Crippen LogP contribution in [0.5, 0.6) is 0 Å². The molecule has 1 fully saturated rings. The molecule has 1 saturated heterocycles. The number of likely N-dealkylation sites (tertiary alicyclic amines) is 1. The third-order valence-electron chi connectivity index (χ3n) is 8.40. The van der Waals surface area contributed by atoms with E-state index in [0.29, 0.717) is 12.8 Å². The summed E-state index contributed by atoms with van der Waals surface area (Å²) in [6, 6.07) is 17.2. The molecule has 0 radical (unpaired) electrons. The van der Waals surface area contributed by atoms with Crippen LogP contribution in [0.4, 0.5) is 5.69 Å². The van der Waals surface area contributed by atoms with Crippen LogP contribution in [-0.2, 0) is 27.0 Å². The predicted molar refractivity (Wildman–Crippen MR) is 128 cm³/mol. The number of amides is 1. The summed E-state index contributed by atoms with van der Waals surface area (Å²) in [7, 11) is 0. The number of carbonyl (C=O) groups is 2. The number of piperidine rings is 1. The van der Waals surface area contributed by atoms with Gasteiger partial charge >= 0.3 is 0 Å². The van der Waals surface area contributed by atoms with E-state index in [1.54, 1.807) is 0 Å². The summed E-state index contributed by atoms with van der Waals surface area (Å²) >= 11 is 0. The zero-order valence-corrected chi connectivity index (χ0v) is 19.6. The average Bonchev–Trinajstić information content (AvgIpc) is 3.27. The molecule has 2 aromatic rings. The second-order valence-corrected chi connectivity index (χ2v) is 10.2. The number of anilines is 1. The van der Waals surface area contributed by atoms with Crippen molar-refractivity contribution in [1.29, 1.82) is 0 Å². The largest absolute Gasteiger partial charge is 0.308 e. The minimum absolute atomic E-state index is 0.0938. The molecule has 0 aromatic heterocycles. The van der Waals surface area contributed by atoms with Crippen LogP contribution in [0.3, 0.4) is 0 Å². The van der Waals surface area contributed by atoms with Gasteiger partial charge in [0.25, 0.3) is 0 Å². The first kappa shape index (κ1) is 21.4. The van der Waals surface area contributed by atoms with Crippen molar-refractivity contribution in [2.24, 2.45) is 0 Å². The van der Waals surface area contributed by atoms with Gasteiger partial charge in [0.05, 0.1) is 5.41 Å². The van der Waals surface area contributed by atoms with Crippen LogP contribution in [0, 0.1) is 0 Å². The molecular weight excluding hydrogens is 396 g/mol. The van der Waals surface area contributed by atoms with E-state index in [0.717, 1.165) is 43.6 Å². The van der Waals surface area contributed by atoms with E-state index in [-0.39, 0.29) is 23.3 Å². The molecule has 0 bridgehead atoms. The highest BCUT2D eigenvalue weighted by atomic mass is 16.2. The lowest BCUT2D eigenvalue weighted by atomic mass is 9.79. The third-order valence-corrected chi connectivity index (χ3v) is 8.40. The van der Waals surface area contributed by atoms with E-state index >= 15 is 0 Å². The molecule has 4 nitrogen and oxygen atoms in total. The Bertz CT molecular complexity index is 1050. The summed E-state index contributed by atoms with van der Waals surface area (Å²) < 4.78 is 0. The number of carbonyl (C=O) groups excluding carboxylic acids is 2. The predicted octanol–water partition coefficient (Wildman–Crippen LogP) is 4.99. The first-order valence-corrected chi connectivity index (χ1v) is 12.2. The number of fused-ring (bicyclic) bond motifs is 2. The van der Waals surface area contributed by atoms with Crippen molar-refractivity contribution in [3.63, 3.8) is 0 Å². The summed E-state index contributed by atoms with van der Waals surface area (Å²) in [5.74, 6) is 0.261. The maximum Gasteiger partial charge on any atom is 0.238 e. The van der Waals surface area contributed by atoms with Crippen LogP contribution >= 0.6 is 0 Å². The fraction of sp³-hybridized carbons (Fsp3) is 0.500. The van der Waals surface area contributed by atoms with E-state index in [9.17, 15) is 9.59 Å². The van der Waals surface area contributed by atoms with Crippen LogP contribution in [0.2, 0.25) is 0 Å². The molecule has 0 N–H and O–H groups in total. The smallest absolute Gasteiger partial charge is 0.238 e. The van der Waals surface area contributed by atoms with Crippen LogP contribution in [0.1, 0.15) is 69.6 Å². The fourth-order valence-corrected chi connectivity index (χ4v) is 6.42. The number of ketones is 1.